The largest absolute Gasteiger partial charge is 0.462 e. The van der Waals surface area contributed by atoms with Gasteiger partial charge in [-0.3, -0.25) is 0 Å². The smallest absolute Gasteiger partial charge is 0.339 e. The summed E-state index contributed by atoms with van der Waals surface area (Å²) in [4.78, 5) is 24.0. The summed E-state index contributed by atoms with van der Waals surface area (Å²) in [5.74, 6) is -0.784. The zero-order chi connectivity index (χ0) is 15.8. The average molecular weight is 290 g/mol. The molecule has 0 fully saturated rings. The van der Waals surface area contributed by atoms with Gasteiger partial charge in [-0.15, -0.1) is 0 Å². The number of allylic oxidation sites excluding steroid dienone is 1. The molecular formula is C17H22O4. The Morgan fingerprint density at radius 3 is 2.05 bits per heavy atom. The lowest BCUT2D eigenvalue weighted by molar-refractivity contribution is 0.0439. The number of hydrogen-bond acceptors (Lipinski definition) is 4. The number of esters is 2. The van der Waals surface area contributed by atoms with Crippen molar-refractivity contribution in [1.82, 2.24) is 0 Å². The highest BCUT2D eigenvalue weighted by atomic mass is 16.5. The molecule has 0 aliphatic rings. The van der Waals surface area contributed by atoms with Crippen LogP contribution in [0.3, 0.4) is 0 Å². The molecule has 4 nitrogen and oxygen atoms in total. The maximum absolute atomic E-state index is 12.0. The minimum absolute atomic E-state index is 0.191. The summed E-state index contributed by atoms with van der Waals surface area (Å²) in [5, 5.41) is 0. The Labute approximate surface area is 125 Å². The molecule has 0 saturated carbocycles. The van der Waals surface area contributed by atoms with Crippen molar-refractivity contribution in [3.05, 3.63) is 47.0 Å². The fourth-order valence-corrected chi connectivity index (χ4v) is 1.52. The summed E-state index contributed by atoms with van der Waals surface area (Å²) in [6.07, 6.45) is 1.80. The molecule has 0 saturated heterocycles. The highest BCUT2D eigenvalue weighted by molar-refractivity contribution is 6.03. The van der Waals surface area contributed by atoms with Gasteiger partial charge in [-0.2, -0.15) is 0 Å². The number of rotatable bonds is 6. The van der Waals surface area contributed by atoms with E-state index in [9.17, 15) is 9.59 Å². The van der Waals surface area contributed by atoms with Gasteiger partial charge in [0.25, 0.3) is 0 Å². The van der Waals surface area contributed by atoms with Crippen molar-refractivity contribution in [2.24, 2.45) is 5.92 Å². The first-order chi connectivity index (χ1) is 9.91. The number of carbonyl (C=O) groups excluding carboxylic acids is 2. The van der Waals surface area contributed by atoms with Crippen molar-refractivity contribution >= 4 is 11.9 Å². The zero-order valence-corrected chi connectivity index (χ0v) is 13.0. The monoisotopic (exact) mass is 290 g/mol. The third-order valence-electron chi connectivity index (χ3n) is 2.62. The molecule has 0 aromatic heterocycles. The lowest BCUT2D eigenvalue weighted by Gasteiger charge is -2.10. The van der Waals surface area contributed by atoms with Gasteiger partial charge in [0.15, 0.2) is 0 Å². The lowest BCUT2D eigenvalue weighted by atomic mass is 10.1. The van der Waals surface area contributed by atoms with Crippen molar-refractivity contribution < 1.29 is 19.1 Å². The summed E-state index contributed by atoms with van der Waals surface area (Å²) in [6.45, 7) is 8.26. The van der Waals surface area contributed by atoms with E-state index in [2.05, 4.69) is 0 Å². The van der Waals surface area contributed by atoms with Gasteiger partial charge < -0.3 is 9.47 Å². The number of carbonyl (C=O) groups is 2. The first-order valence-corrected chi connectivity index (χ1v) is 6.98. The van der Waals surface area contributed by atoms with Crippen molar-refractivity contribution in [1.29, 1.82) is 0 Å². The third kappa shape index (κ3) is 5.81. The van der Waals surface area contributed by atoms with Gasteiger partial charge >= 0.3 is 11.9 Å². The molecule has 0 heterocycles. The van der Waals surface area contributed by atoms with Crippen LogP contribution >= 0.6 is 0 Å². The molecule has 0 N–H and O–H groups in total. The van der Waals surface area contributed by atoms with E-state index in [4.69, 9.17) is 9.47 Å². The fraction of sp³-hybridized carbons (Fsp3) is 0.412. The summed E-state index contributed by atoms with van der Waals surface area (Å²) < 4.78 is 10.3. The Bertz CT molecular complexity index is 525. The maximum Gasteiger partial charge on any atom is 0.339 e. The SMILES string of the molecule is CC(C)=CCOC(=O)c1ccccc1C(=O)OCC(C)C. The second-order valence-corrected chi connectivity index (χ2v) is 5.42. The van der Waals surface area contributed by atoms with Crippen LogP contribution in [0.25, 0.3) is 0 Å². The Kier molecular flexibility index (Phi) is 6.66. The minimum atomic E-state index is -0.524. The Balaban J connectivity index is 2.81. The van der Waals surface area contributed by atoms with Gasteiger partial charge in [0, 0.05) is 0 Å². The molecule has 0 atom stereocenters. The molecule has 0 radical (unpaired) electrons. The van der Waals surface area contributed by atoms with E-state index in [0.29, 0.717) is 6.61 Å². The number of hydrogen-bond donors (Lipinski definition) is 0. The predicted octanol–water partition coefficient (Wildman–Crippen LogP) is 3.62. The molecule has 114 valence electrons. The molecule has 21 heavy (non-hydrogen) atoms. The van der Waals surface area contributed by atoms with Crippen LogP contribution in [0.4, 0.5) is 0 Å². The van der Waals surface area contributed by atoms with E-state index in [-0.39, 0.29) is 23.7 Å². The van der Waals surface area contributed by atoms with E-state index in [1.165, 1.54) is 0 Å². The quantitative estimate of drug-likeness (QED) is 0.593. The summed E-state index contributed by atoms with van der Waals surface area (Å²) >= 11 is 0. The van der Waals surface area contributed by atoms with Crippen molar-refractivity contribution in [3.8, 4) is 0 Å². The molecule has 0 amide bonds. The first-order valence-electron chi connectivity index (χ1n) is 6.98. The summed E-state index contributed by atoms with van der Waals surface area (Å²) in [6, 6.07) is 6.52. The van der Waals surface area contributed by atoms with Crippen LogP contribution in [-0.4, -0.2) is 25.2 Å². The molecule has 0 aliphatic carbocycles. The van der Waals surface area contributed by atoms with Gasteiger partial charge in [0.2, 0.25) is 0 Å². The molecule has 1 aromatic carbocycles. The highest BCUT2D eigenvalue weighted by Gasteiger charge is 2.18. The lowest BCUT2D eigenvalue weighted by Crippen LogP contribution is -2.16. The fourth-order valence-electron chi connectivity index (χ4n) is 1.52. The predicted molar refractivity (Wildman–Crippen MR) is 81.3 cm³/mol. The number of ether oxygens (including phenoxy) is 2. The number of benzene rings is 1. The zero-order valence-electron chi connectivity index (χ0n) is 13.0. The Morgan fingerprint density at radius 2 is 1.57 bits per heavy atom. The first kappa shape index (κ1) is 17.0. The second-order valence-electron chi connectivity index (χ2n) is 5.42. The van der Waals surface area contributed by atoms with E-state index < -0.39 is 11.9 Å². The highest BCUT2D eigenvalue weighted by Crippen LogP contribution is 2.13. The van der Waals surface area contributed by atoms with Crippen LogP contribution in [-0.2, 0) is 9.47 Å². The average Bonchev–Trinajstić information content (AvgIpc) is 2.44. The van der Waals surface area contributed by atoms with Crippen molar-refractivity contribution in [2.75, 3.05) is 13.2 Å². The Morgan fingerprint density at radius 1 is 1.05 bits per heavy atom. The maximum atomic E-state index is 12.0. The van der Waals surface area contributed by atoms with Gasteiger partial charge in [0.05, 0.1) is 17.7 Å². The van der Waals surface area contributed by atoms with Gasteiger partial charge in [-0.05, 0) is 38.0 Å². The van der Waals surface area contributed by atoms with Gasteiger partial charge in [-0.25, -0.2) is 9.59 Å². The molecule has 4 heteroatoms. The van der Waals surface area contributed by atoms with Gasteiger partial charge in [-0.1, -0.05) is 31.6 Å². The minimum Gasteiger partial charge on any atom is -0.462 e. The molecule has 1 rings (SSSR count). The molecule has 0 aliphatic heterocycles. The van der Waals surface area contributed by atoms with Crippen molar-refractivity contribution in [2.45, 2.75) is 27.7 Å². The third-order valence-corrected chi connectivity index (χ3v) is 2.62. The van der Waals surface area contributed by atoms with Crippen LogP contribution in [0, 0.1) is 5.92 Å². The van der Waals surface area contributed by atoms with E-state index >= 15 is 0 Å². The van der Waals surface area contributed by atoms with E-state index in [1.54, 1.807) is 30.3 Å². The Hall–Kier alpha value is -2.10. The standard InChI is InChI=1S/C17H22O4/c1-12(2)9-10-20-16(18)14-7-5-6-8-15(14)17(19)21-11-13(3)4/h5-9,13H,10-11H2,1-4H3. The topological polar surface area (TPSA) is 52.6 Å². The molecular weight excluding hydrogens is 268 g/mol. The molecule has 0 spiro atoms. The van der Waals surface area contributed by atoms with Crippen LogP contribution < -0.4 is 0 Å². The van der Waals surface area contributed by atoms with E-state index in [0.717, 1.165) is 5.57 Å². The molecule has 0 bridgehead atoms. The van der Waals surface area contributed by atoms with E-state index in [1.807, 2.05) is 27.7 Å². The summed E-state index contributed by atoms with van der Waals surface area (Å²) in [7, 11) is 0. The van der Waals surface area contributed by atoms with Crippen LogP contribution in [0.1, 0.15) is 48.4 Å². The van der Waals surface area contributed by atoms with Crippen LogP contribution in [0.2, 0.25) is 0 Å². The molecule has 1 aromatic rings. The van der Waals surface area contributed by atoms with Crippen LogP contribution in [0.5, 0.6) is 0 Å². The second kappa shape index (κ2) is 8.25. The summed E-state index contributed by atoms with van der Waals surface area (Å²) in [5.41, 5.74) is 1.53. The van der Waals surface area contributed by atoms with Gasteiger partial charge in [0.1, 0.15) is 6.61 Å². The van der Waals surface area contributed by atoms with Crippen molar-refractivity contribution in [3.63, 3.8) is 0 Å². The van der Waals surface area contributed by atoms with Crippen LogP contribution in [0.15, 0.2) is 35.9 Å². The normalized spacial score (nSPS) is 10.1. The molecule has 0 unspecified atom stereocenters.